The van der Waals surface area contributed by atoms with Crippen molar-refractivity contribution < 1.29 is 4.74 Å². The fourth-order valence-corrected chi connectivity index (χ4v) is 2.25. The Kier molecular flexibility index (Phi) is 3.67. The Hall–Kier alpha value is -1.22. The van der Waals surface area contributed by atoms with Gasteiger partial charge in [0.15, 0.2) is 0 Å². The van der Waals surface area contributed by atoms with E-state index in [4.69, 9.17) is 10.5 Å². The number of piperidine rings is 1. The lowest BCUT2D eigenvalue weighted by Gasteiger charge is -2.27. The first-order valence-electron chi connectivity index (χ1n) is 5.94. The quantitative estimate of drug-likeness (QED) is 0.794. The minimum Gasteiger partial charge on any atom is -0.496 e. The average molecular weight is 220 g/mol. The predicted molar refractivity (Wildman–Crippen MR) is 66.5 cm³/mol. The molecule has 0 spiro atoms. The van der Waals surface area contributed by atoms with Gasteiger partial charge in [-0.05, 0) is 32.0 Å². The maximum atomic E-state index is 5.74. The fraction of sp³-hybridized carbons (Fsp3) is 0.538. The maximum Gasteiger partial charge on any atom is 0.125 e. The van der Waals surface area contributed by atoms with Gasteiger partial charge in [0, 0.05) is 23.9 Å². The summed E-state index contributed by atoms with van der Waals surface area (Å²) < 4.78 is 5.36. The van der Waals surface area contributed by atoms with Gasteiger partial charge in [0.05, 0.1) is 7.11 Å². The van der Waals surface area contributed by atoms with Gasteiger partial charge in [0.25, 0.3) is 0 Å². The molecule has 0 amide bonds. The van der Waals surface area contributed by atoms with Crippen LogP contribution >= 0.6 is 0 Å². The summed E-state index contributed by atoms with van der Waals surface area (Å²) >= 11 is 0. The van der Waals surface area contributed by atoms with Crippen LogP contribution in [0, 0.1) is 0 Å². The zero-order chi connectivity index (χ0) is 11.4. The summed E-state index contributed by atoms with van der Waals surface area (Å²) in [4.78, 5) is 2.48. The number of ether oxygens (including phenoxy) is 1. The van der Waals surface area contributed by atoms with Crippen LogP contribution in [0.15, 0.2) is 18.2 Å². The van der Waals surface area contributed by atoms with Crippen molar-refractivity contribution in [2.45, 2.75) is 25.8 Å². The Labute approximate surface area is 97.2 Å². The molecular weight excluding hydrogens is 200 g/mol. The molecule has 3 heteroatoms. The number of nitrogens with two attached hydrogens (primary N) is 1. The molecule has 1 aliphatic rings. The van der Waals surface area contributed by atoms with E-state index in [1.54, 1.807) is 7.11 Å². The van der Waals surface area contributed by atoms with Crippen LogP contribution in [-0.4, -0.2) is 25.1 Å². The highest BCUT2D eigenvalue weighted by molar-refractivity contribution is 5.48. The summed E-state index contributed by atoms with van der Waals surface area (Å²) in [6.45, 7) is 3.38. The van der Waals surface area contributed by atoms with Crippen LogP contribution in [-0.2, 0) is 6.54 Å². The van der Waals surface area contributed by atoms with Crippen molar-refractivity contribution in [1.82, 2.24) is 4.90 Å². The second-order valence-electron chi connectivity index (χ2n) is 4.41. The molecule has 0 unspecified atom stereocenters. The number of rotatable bonds is 3. The minimum atomic E-state index is 0.763. The zero-order valence-corrected chi connectivity index (χ0v) is 9.91. The van der Waals surface area contributed by atoms with Gasteiger partial charge < -0.3 is 10.5 Å². The van der Waals surface area contributed by atoms with Crippen LogP contribution in [0.1, 0.15) is 24.8 Å². The number of methoxy groups -OCH3 is 1. The Morgan fingerprint density at radius 2 is 2.00 bits per heavy atom. The number of nitrogen functional groups attached to an aromatic ring is 1. The predicted octanol–water partition coefficient (Wildman–Crippen LogP) is 2.26. The van der Waals surface area contributed by atoms with Gasteiger partial charge in [-0.15, -0.1) is 0 Å². The van der Waals surface area contributed by atoms with E-state index >= 15 is 0 Å². The molecule has 1 heterocycles. The number of anilines is 1. The van der Waals surface area contributed by atoms with E-state index in [1.807, 2.05) is 12.1 Å². The van der Waals surface area contributed by atoms with Crippen molar-refractivity contribution in [3.8, 4) is 5.75 Å². The topological polar surface area (TPSA) is 38.5 Å². The standard InChI is InChI=1S/C13H20N2O/c1-16-13-9-12(14)6-5-11(13)10-15-7-3-2-4-8-15/h5-6,9H,2-4,7-8,10,14H2,1H3. The lowest BCUT2D eigenvalue weighted by atomic mass is 10.1. The van der Waals surface area contributed by atoms with Crippen LogP contribution in [0.25, 0.3) is 0 Å². The molecule has 3 nitrogen and oxygen atoms in total. The number of likely N-dealkylation sites (tertiary alicyclic amines) is 1. The molecule has 0 atom stereocenters. The first-order chi connectivity index (χ1) is 7.79. The van der Waals surface area contributed by atoms with Crippen LogP contribution in [0.3, 0.4) is 0 Å². The van der Waals surface area contributed by atoms with Gasteiger partial charge in [-0.2, -0.15) is 0 Å². The summed E-state index contributed by atoms with van der Waals surface area (Å²) in [5.74, 6) is 0.908. The van der Waals surface area contributed by atoms with Gasteiger partial charge >= 0.3 is 0 Å². The van der Waals surface area contributed by atoms with Gasteiger partial charge in [-0.3, -0.25) is 4.90 Å². The number of hydrogen-bond donors (Lipinski definition) is 1. The third-order valence-electron chi connectivity index (χ3n) is 3.15. The van der Waals surface area contributed by atoms with Crippen LogP contribution in [0.2, 0.25) is 0 Å². The molecule has 1 saturated heterocycles. The van der Waals surface area contributed by atoms with E-state index in [1.165, 1.54) is 37.9 Å². The van der Waals surface area contributed by atoms with Crippen molar-refractivity contribution in [1.29, 1.82) is 0 Å². The van der Waals surface area contributed by atoms with Crippen molar-refractivity contribution in [2.75, 3.05) is 25.9 Å². The highest BCUT2D eigenvalue weighted by Gasteiger charge is 2.12. The second kappa shape index (κ2) is 5.21. The highest BCUT2D eigenvalue weighted by Crippen LogP contribution is 2.24. The monoisotopic (exact) mass is 220 g/mol. The molecule has 2 rings (SSSR count). The molecule has 16 heavy (non-hydrogen) atoms. The van der Waals surface area contributed by atoms with Gasteiger partial charge in [0.1, 0.15) is 5.75 Å². The second-order valence-corrected chi connectivity index (χ2v) is 4.41. The molecule has 0 aromatic heterocycles. The first-order valence-corrected chi connectivity index (χ1v) is 5.94. The number of hydrogen-bond acceptors (Lipinski definition) is 3. The Balaban J connectivity index is 2.07. The lowest BCUT2D eigenvalue weighted by molar-refractivity contribution is 0.218. The first kappa shape index (κ1) is 11.3. The molecule has 0 saturated carbocycles. The van der Waals surface area contributed by atoms with Crippen molar-refractivity contribution >= 4 is 5.69 Å². The largest absolute Gasteiger partial charge is 0.496 e. The van der Waals surface area contributed by atoms with Crippen molar-refractivity contribution in [3.63, 3.8) is 0 Å². The normalized spacial score (nSPS) is 17.3. The maximum absolute atomic E-state index is 5.74. The third-order valence-corrected chi connectivity index (χ3v) is 3.15. The van der Waals surface area contributed by atoms with Crippen LogP contribution in [0.5, 0.6) is 5.75 Å². The average Bonchev–Trinajstić information content (AvgIpc) is 2.33. The van der Waals surface area contributed by atoms with E-state index in [0.29, 0.717) is 0 Å². The van der Waals surface area contributed by atoms with E-state index < -0.39 is 0 Å². The molecule has 0 bridgehead atoms. The lowest BCUT2D eigenvalue weighted by Crippen LogP contribution is -2.29. The number of nitrogens with zero attached hydrogens (tertiary/aromatic N) is 1. The Morgan fingerprint density at radius 1 is 1.25 bits per heavy atom. The van der Waals surface area contributed by atoms with Crippen molar-refractivity contribution in [3.05, 3.63) is 23.8 Å². The minimum absolute atomic E-state index is 0.763. The van der Waals surface area contributed by atoms with Gasteiger partial charge in [-0.25, -0.2) is 0 Å². The zero-order valence-electron chi connectivity index (χ0n) is 9.91. The summed E-state index contributed by atoms with van der Waals surface area (Å²) in [5.41, 5.74) is 7.74. The van der Waals surface area contributed by atoms with Crippen LogP contribution in [0.4, 0.5) is 5.69 Å². The fourth-order valence-electron chi connectivity index (χ4n) is 2.25. The van der Waals surface area contributed by atoms with E-state index in [2.05, 4.69) is 11.0 Å². The Bertz CT molecular complexity index is 346. The molecule has 0 aliphatic carbocycles. The third kappa shape index (κ3) is 2.67. The molecule has 1 fully saturated rings. The molecule has 1 aromatic rings. The molecule has 88 valence electrons. The van der Waals surface area contributed by atoms with Crippen LogP contribution < -0.4 is 10.5 Å². The summed E-state index contributed by atoms with van der Waals surface area (Å²) in [5, 5.41) is 0. The molecular formula is C13H20N2O. The molecule has 0 radical (unpaired) electrons. The summed E-state index contributed by atoms with van der Waals surface area (Å²) in [7, 11) is 1.70. The van der Waals surface area contributed by atoms with E-state index in [9.17, 15) is 0 Å². The van der Waals surface area contributed by atoms with Gasteiger partial charge in [-0.1, -0.05) is 12.5 Å². The summed E-state index contributed by atoms with van der Waals surface area (Å²) in [6.07, 6.45) is 4.00. The van der Waals surface area contributed by atoms with E-state index in [-0.39, 0.29) is 0 Å². The van der Waals surface area contributed by atoms with Crippen molar-refractivity contribution in [2.24, 2.45) is 0 Å². The number of benzene rings is 1. The highest BCUT2D eigenvalue weighted by atomic mass is 16.5. The smallest absolute Gasteiger partial charge is 0.125 e. The molecule has 1 aromatic carbocycles. The SMILES string of the molecule is COc1cc(N)ccc1CN1CCCCC1. The Morgan fingerprint density at radius 3 is 2.69 bits per heavy atom. The van der Waals surface area contributed by atoms with Gasteiger partial charge in [0.2, 0.25) is 0 Å². The van der Waals surface area contributed by atoms with E-state index in [0.717, 1.165) is 18.0 Å². The summed E-state index contributed by atoms with van der Waals surface area (Å²) in [6, 6.07) is 5.92. The molecule has 1 aliphatic heterocycles. The molecule has 2 N–H and O–H groups in total.